The first-order chi connectivity index (χ1) is 10.2. The van der Waals surface area contributed by atoms with Gasteiger partial charge in [0.25, 0.3) is 0 Å². The van der Waals surface area contributed by atoms with Crippen LogP contribution in [0.5, 0.6) is 5.75 Å². The molecule has 0 amide bonds. The van der Waals surface area contributed by atoms with E-state index in [1.54, 1.807) is 7.11 Å². The van der Waals surface area contributed by atoms with Crippen molar-refractivity contribution in [1.82, 2.24) is 0 Å². The Kier molecular flexibility index (Phi) is 7.71. The molecule has 0 spiro atoms. The lowest BCUT2D eigenvalue weighted by Crippen LogP contribution is -2.22. The van der Waals surface area contributed by atoms with E-state index in [-0.39, 0.29) is 5.97 Å². The van der Waals surface area contributed by atoms with E-state index in [2.05, 4.69) is 15.0 Å². The standard InChI is InChI=1S/C15H23N3O3/c1-20-13-8-6-7-12(11-13)18-15(16)17-10-5-3-4-9-14(19)21-2/h6-8,11H,3-5,9-10H2,1-2H3,(H3,16,17,18). The third kappa shape index (κ3) is 7.20. The first kappa shape index (κ1) is 16.8. The first-order valence-corrected chi connectivity index (χ1v) is 6.93. The largest absolute Gasteiger partial charge is 0.497 e. The molecule has 0 bridgehead atoms. The molecule has 0 atom stereocenters. The number of aliphatic imine (C=N–C) groups is 1. The number of methoxy groups -OCH3 is 2. The van der Waals surface area contributed by atoms with Crippen molar-refractivity contribution in [2.45, 2.75) is 25.7 Å². The van der Waals surface area contributed by atoms with Gasteiger partial charge < -0.3 is 20.5 Å². The van der Waals surface area contributed by atoms with Gasteiger partial charge in [-0.15, -0.1) is 0 Å². The molecule has 21 heavy (non-hydrogen) atoms. The van der Waals surface area contributed by atoms with E-state index in [1.807, 2.05) is 24.3 Å². The molecule has 1 aromatic rings. The highest BCUT2D eigenvalue weighted by atomic mass is 16.5. The Morgan fingerprint density at radius 1 is 1.29 bits per heavy atom. The van der Waals surface area contributed by atoms with Crippen LogP contribution in [-0.2, 0) is 9.53 Å². The number of ether oxygens (including phenoxy) is 2. The van der Waals surface area contributed by atoms with Crippen LogP contribution in [0.25, 0.3) is 0 Å². The molecule has 116 valence electrons. The van der Waals surface area contributed by atoms with E-state index < -0.39 is 0 Å². The van der Waals surface area contributed by atoms with Crippen LogP contribution in [0.3, 0.4) is 0 Å². The Labute approximate surface area is 125 Å². The summed E-state index contributed by atoms with van der Waals surface area (Å²) in [6.07, 6.45) is 3.08. The number of nitrogens with one attached hydrogen (secondary N) is 1. The van der Waals surface area contributed by atoms with Gasteiger partial charge in [0.1, 0.15) is 5.75 Å². The van der Waals surface area contributed by atoms with Gasteiger partial charge in [-0.1, -0.05) is 12.5 Å². The minimum atomic E-state index is -0.169. The molecule has 0 aromatic heterocycles. The number of esters is 1. The third-order valence-electron chi connectivity index (χ3n) is 2.89. The van der Waals surface area contributed by atoms with Crippen LogP contribution in [0.1, 0.15) is 25.7 Å². The van der Waals surface area contributed by atoms with Crippen LogP contribution in [0.15, 0.2) is 29.3 Å². The molecule has 0 saturated carbocycles. The zero-order valence-electron chi connectivity index (χ0n) is 12.6. The van der Waals surface area contributed by atoms with Crippen molar-refractivity contribution in [3.05, 3.63) is 24.3 Å². The quantitative estimate of drug-likeness (QED) is 0.332. The molecule has 3 N–H and O–H groups in total. The van der Waals surface area contributed by atoms with E-state index in [4.69, 9.17) is 10.5 Å². The normalized spacial score (nSPS) is 11.0. The lowest BCUT2D eigenvalue weighted by molar-refractivity contribution is -0.140. The molecule has 0 heterocycles. The molecule has 0 saturated heterocycles. The molecule has 6 nitrogen and oxygen atoms in total. The van der Waals surface area contributed by atoms with Crippen molar-refractivity contribution in [3.8, 4) is 5.75 Å². The number of benzene rings is 1. The summed E-state index contributed by atoms with van der Waals surface area (Å²) < 4.78 is 9.71. The monoisotopic (exact) mass is 293 g/mol. The number of guanidine groups is 1. The highest BCUT2D eigenvalue weighted by molar-refractivity contribution is 5.92. The van der Waals surface area contributed by atoms with Gasteiger partial charge in [-0.2, -0.15) is 0 Å². The maximum absolute atomic E-state index is 10.9. The van der Waals surface area contributed by atoms with Gasteiger partial charge in [0.2, 0.25) is 0 Å². The second-order valence-corrected chi connectivity index (χ2v) is 4.51. The van der Waals surface area contributed by atoms with Gasteiger partial charge in [-0.25, -0.2) is 0 Å². The molecule has 1 aromatic carbocycles. The summed E-state index contributed by atoms with van der Waals surface area (Å²) in [4.78, 5) is 15.2. The Balaban J connectivity index is 2.25. The maximum Gasteiger partial charge on any atom is 0.305 e. The van der Waals surface area contributed by atoms with Gasteiger partial charge in [-0.3, -0.25) is 9.79 Å². The number of nitrogens with zero attached hydrogens (tertiary/aromatic N) is 1. The van der Waals surface area contributed by atoms with Crippen LogP contribution in [0.2, 0.25) is 0 Å². The van der Waals surface area contributed by atoms with Crippen molar-refractivity contribution in [2.75, 3.05) is 26.1 Å². The van der Waals surface area contributed by atoms with Crippen molar-refractivity contribution in [1.29, 1.82) is 0 Å². The predicted molar refractivity (Wildman–Crippen MR) is 83.6 cm³/mol. The summed E-state index contributed by atoms with van der Waals surface area (Å²) >= 11 is 0. The minimum Gasteiger partial charge on any atom is -0.497 e. The van der Waals surface area contributed by atoms with Crippen molar-refractivity contribution in [3.63, 3.8) is 0 Å². The van der Waals surface area contributed by atoms with E-state index >= 15 is 0 Å². The summed E-state index contributed by atoms with van der Waals surface area (Å²) in [6, 6.07) is 7.47. The Morgan fingerprint density at radius 2 is 2.10 bits per heavy atom. The second-order valence-electron chi connectivity index (χ2n) is 4.51. The molecular weight excluding hydrogens is 270 g/mol. The molecule has 0 fully saturated rings. The molecule has 0 radical (unpaired) electrons. The minimum absolute atomic E-state index is 0.169. The third-order valence-corrected chi connectivity index (χ3v) is 2.89. The summed E-state index contributed by atoms with van der Waals surface area (Å²) in [5.41, 5.74) is 6.64. The van der Waals surface area contributed by atoms with Gasteiger partial charge >= 0.3 is 5.97 Å². The summed E-state index contributed by atoms with van der Waals surface area (Å²) in [6.45, 7) is 0.629. The molecule has 1 rings (SSSR count). The maximum atomic E-state index is 10.9. The van der Waals surface area contributed by atoms with E-state index in [1.165, 1.54) is 7.11 Å². The van der Waals surface area contributed by atoms with Crippen LogP contribution >= 0.6 is 0 Å². The van der Waals surface area contributed by atoms with Crippen LogP contribution in [0.4, 0.5) is 5.69 Å². The Morgan fingerprint density at radius 3 is 2.81 bits per heavy atom. The van der Waals surface area contributed by atoms with Gasteiger partial charge in [0.05, 0.1) is 14.2 Å². The topological polar surface area (TPSA) is 85.9 Å². The predicted octanol–water partition coefficient (Wildman–Crippen LogP) is 2.16. The second kappa shape index (κ2) is 9.63. The fraction of sp³-hybridized carbons (Fsp3) is 0.467. The number of unbranched alkanes of at least 4 members (excludes halogenated alkanes) is 2. The lowest BCUT2D eigenvalue weighted by atomic mass is 10.2. The summed E-state index contributed by atoms with van der Waals surface area (Å²) in [5, 5.41) is 3.01. The zero-order valence-corrected chi connectivity index (χ0v) is 12.6. The number of carbonyl (C=O) groups excluding carboxylic acids is 1. The Hall–Kier alpha value is -2.24. The van der Waals surface area contributed by atoms with Crippen molar-refractivity contribution in [2.24, 2.45) is 10.7 Å². The fourth-order valence-electron chi connectivity index (χ4n) is 1.75. The number of nitrogens with two attached hydrogens (primary N) is 1. The highest BCUT2D eigenvalue weighted by Crippen LogP contribution is 2.16. The molecule has 6 heteroatoms. The van der Waals surface area contributed by atoms with Crippen LogP contribution < -0.4 is 15.8 Å². The van der Waals surface area contributed by atoms with E-state index in [0.29, 0.717) is 18.9 Å². The first-order valence-electron chi connectivity index (χ1n) is 6.93. The van der Waals surface area contributed by atoms with Gasteiger partial charge in [-0.05, 0) is 25.0 Å². The van der Waals surface area contributed by atoms with Crippen LogP contribution in [0, 0.1) is 0 Å². The number of carbonyl (C=O) groups is 1. The average molecular weight is 293 g/mol. The molecule has 0 aliphatic rings. The fourth-order valence-corrected chi connectivity index (χ4v) is 1.75. The molecular formula is C15H23N3O3. The zero-order chi connectivity index (χ0) is 15.5. The SMILES string of the molecule is COC(=O)CCCCCN=C(N)Nc1cccc(OC)c1. The average Bonchev–Trinajstić information content (AvgIpc) is 2.50. The van der Waals surface area contributed by atoms with Gasteiger partial charge in [0, 0.05) is 24.7 Å². The van der Waals surface area contributed by atoms with E-state index in [0.717, 1.165) is 30.7 Å². The number of anilines is 1. The van der Waals surface area contributed by atoms with Gasteiger partial charge in [0.15, 0.2) is 5.96 Å². The molecule has 0 aliphatic heterocycles. The Bertz CT molecular complexity index is 475. The van der Waals surface area contributed by atoms with Crippen molar-refractivity contribution < 1.29 is 14.3 Å². The van der Waals surface area contributed by atoms with Crippen molar-refractivity contribution >= 4 is 17.6 Å². The number of hydrogen-bond donors (Lipinski definition) is 2. The summed E-state index contributed by atoms with van der Waals surface area (Å²) in [7, 11) is 3.02. The van der Waals surface area contributed by atoms with Crippen LogP contribution in [-0.4, -0.2) is 32.7 Å². The number of hydrogen-bond acceptors (Lipinski definition) is 4. The lowest BCUT2D eigenvalue weighted by Gasteiger charge is -2.07. The smallest absolute Gasteiger partial charge is 0.305 e. The number of rotatable bonds is 8. The van der Waals surface area contributed by atoms with E-state index in [9.17, 15) is 4.79 Å². The molecule has 0 aliphatic carbocycles. The summed E-state index contributed by atoms with van der Waals surface area (Å²) in [5.74, 6) is 0.963. The molecule has 0 unspecified atom stereocenters. The highest BCUT2D eigenvalue weighted by Gasteiger charge is 1.99.